The van der Waals surface area contributed by atoms with Crippen molar-refractivity contribution in [1.29, 1.82) is 0 Å². The predicted molar refractivity (Wildman–Crippen MR) is 71.4 cm³/mol. The van der Waals surface area contributed by atoms with Crippen LogP contribution in [0.25, 0.3) is 0 Å². The zero-order chi connectivity index (χ0) is 14.1. The number of benzene rings is 1. The molecule has 0 unspecified atom stereocenters. The number of carbonyl (C=O) groups is 2. The molecule has 19 heavy (non-hydrogen) atoms. The average molecular weight is 265 g/mol. The van der Waals surface area contributed by atoms with Crippen LogP contribution in [0.5, 0.6) is 11.5 Å². The smallest absolute Gasteiger partial charge is 0.223 e. The fraction of sp³-hybridized carbons (Fsp3) is 0.429. The number of rotatable bonds is 8. The van der Waals surface area contributed by atoms with E-state index in [-0.39, 0.29) is 31.6 Å². The van der Waals surface area contributed by atoms with E-state index in [1.54, 1.807) is 24.3 Å². The standard InChI is InChI=1S/C14H19NO4/c1-11(2)15-14(17)7-9-18-12-5-3-4-6-13(12)19-10-8-16/h3-6,8,11H,7,9-10H2,1-2H3,(H,15,17). The highest BCUT2D eigenvalue weighted by molar-refractivity contribution is 5.76. The molecular formula is C14H19NO4. The number of nitrogens with one attached hydrogen (secondary N) is 1. The summed E-state index contributed by atoms with van der Waals surface area (Å²) in [5, 5.41) is 2.78. The molecule has 1 rings (SSSR count). The Labute approximate surface area is 112 Å². The number of carbonyl (C=O) groups excluding carboxylic acids is 2. The zero-order valence-corrected chi connectivity index (χ0v) is 11.2. The highest BCUT2D eigenvalue weighted by Gasteiger charge is 2.06. The summed E-state index contributed by atoms with van der Waals surface area (Å²) in [6, 6.07) is 7.17. The van der Waals surface area contributed by atoms with Crippen LogP contribution in [0.15, 0.2) is 24.3 Å². The summed E-state index contributed by atoms with van der Waals surface area (Å²) in [4.78, 5) is 21.7. The van der Waals surface area contributed by atoms with Crippen molar-refractivity contribution in [3.05, 3.63) is 24.3 Å². The summed E-state index contributed by atoms with van der Waals surface area (Å²) in [5.41, 5.74) is 0. The van der Waals surface area contributed by atoms with Gasteiger partial charge >= 0.3 is 0 Å². The third-order valence-corrected chi connectivity index (χ3v) is 2.19. The van der Waals surface area contributed by atoms with Gasteiger partial charge in [0.2, 0.25) is 5.91 Å². The highest BCUT2D eigenvalue weighted by Crippen LogP contribution is 2.26. The van der Waals surface area contributed by atoms with Crippen molar-refractivity contribution in [2.24, 2.45) is 0 Å². The Kier molecular flexibility index (Phi) is 6.43. The summed E-state index contributed by atoms with van der Waals surface area (Å²) < 4.78 is 10.7. The molecule has 0 aliphatic rings. The number of hydrogen-bond donors (Lipinski definition) is 1. The minimum Gasteiger partial charge on any atom is -0.489 e. The minimum atomic E-state index is -0.0544. The number of aldehydes is 1. The largest absolute Gasteiger partial charge is 0.489 e. The van der Waals surface area contributed by atoms with Crippen molar-refractivity contribution in [3.63, 3.8) is 0 Å². The van der Waals surface area contributed by atoms with Crippen LogP contribution >= 0.6 is 0 Å². The Bertz CT molecular complexity index is 418. The van der Waals surface area contributed by atoms with Gasteiger partial charge in [0.1, 0.15) is 6.61 Å². The lowest BCUT2D eigenvalue weighted by Gasteiger charge is -2.12. The van der Waals surface area contributed by atoms with Gasteiger partial charge in [0.25, 0.3) is 0 Å². The molecule has 1 N–H and O–H groups in total. The molecule has 0 atom stereocenters. The van der Waals surface area contributed by atoms with Gasteiger partial charge in [-0.25, -0.2) is 0 Å². The van der Waals surface area contributed by atoms with Gasteiger partial charge in [0.05, 0.1) is 13.0 Å². The number of amides is 1. The summed E-state index contributed by atoms with van der Waals surface area (Å²) >= 11 is 0. The maximum Gasteiger partial charge on any atom is 0.223 e. The van der Waals surface area contributed by atoms with Crippen molar-refractivity contribution >= 4 is 12.2 Å². The molecule has 0 saturated heterocycles. The molecule has 0 bridgehead atoms. The van der Waals surface area contributed by atoms with E-state index in [2.05, 4.69) is 5.32 Å². The van der Waals surface area contributed by atoms with Crippen LogP contribution in [0.4, 0.5) is 0 Å². The van der Waals surface area contributed by atoms with Crippen LogP contribution < -0.4 is 14.8 Å². The Balaban J connectivity index is 2.44. The molecule has 0 aliphatic heterocycles. The van der Waals surface area contributed by atoms with Crippen LogP contribution in [0.3, 0.4) is 0 Å². The monoisotopic (exact) mass is 265 g/mol. The van der Waals surface area contributed by atoms with Gasteiger partial charge in [-0.1, -0.05) is 12.1 Å². The average Bonchev–Trinajstić information content (AvgIpc) is 2.36. The molecule has 1 aromatic rings. The van der Waals surface area contributed by atoms with Gasteiger partial charge in [0.15, 0.2) is 17.8 Å². The first-order chi connectivity index (χ1) is 9.13. The summed E-state index contributed by atoms with van der Waals surface area (Å²) in [5.74, 6) is 0.974. The lowest BCUT2D eigenvalue weighted by molar-refractivity contribution is -0.122. The van der Waals surface area contributed by atoms with E-state index in [9.17, 15) is 9.59 Å². The first kappa shape index (κ1) is 15.0. The third kappa shape index (κ3) is 5.90. The van der Waals surface area contributed by atoms with Crippen molar-refractivity contribution in [2.45, 2.75) is 26.3 Å². The zero-order valence-electron chi connectivity index (χ0n) is 11.2. The van der Waals surface area contributed by atoms with Crippen LogP contribution in [-0.2, 0) is 9.59 Å². The van der Waals surface area contributed by atoms with E-state index >= 15 is 0 Å². The Morgan fingerprint density at radius 1 is 1.26 bits per heavy atom. The number of ether oxygens (including phenoxy) is 2. The van der Waals surface area contributed by atoms with Crippen molar-refractivity contribution in [2.75, 3.05) is 13.2 Å². The molecule has 0 saturated carbocycles. The molecule has 0 heterocycles. The fourth-order valence-electron chi connectivity index (χ4n) is 1.46. The summed E-state index contributed by atoms with van der Waals surface area (Å²) in [7, 11) is 0. The Morgan fingerprint density at radius 3 is 2.47 bits per heavy atom. The van der Waals surface area contributed by atoms with E-state index in [0.717, 1.165) is 0 Å². The minimum absolute atomic E-state index is 0.0196. The molecule has 1 aromatic carbocycles. The highest BCUT2D eigenvalue weighted by atomic mass is 16.5. The molecule has 0 spiro atoms. The molecule has 0 fully saturated rings. The molecule has 104 valence electrons. The van der Waals surface area contributed by atoms with Gasteiger partial charge < -0.3 is 14.8 Å². The van der Waals surface area contributed by atoms with Gasteiger partial charge in [-0.3, -0.25) is 9.59 Å². The van der Waals surface area contributed by atoms with Crippen molar-refractivity contribution < 1.29 is 19.1 Å². The first-order valence-corrected chi connectivity index (χ1v) is 6.21. The lowest BCUT2D eigenvalue weighted by atomic mass is 10.3. The van der Waals surface area contributed by atoms with Crippen LogP contribution in [-0.4, -0.2) is 31.4 Å². The van der Waals surface area contributed by atoms with Crippen molar-refractivity contribution in [1.82, 2.24) is 5.32 Å². The second kappa shape index (κ2) is 8.13. The Hall–Kier alpha value is -2.04. The maximum absolute atomic E-state index is 11.4. The third-order valence-electron chi connectivity index (χ3n) is 2.19. The van der Waals surface area contributed by atoms with E-state index in [4.69, 9.17) is 9.47 Å². The predicted octanol–water partition coefficient (Wildman–Crippen LogP) is 1.56. The summed E-state index contributed by atoms with van der Waals surface area (Å²) in [6.07, 6.45) is 0.951. The normalized spacial score (nSPS) is 10.1. The molecular weight excluding hydrogens is 246 g/mol. The van der Waals surface area contributed by atoms with Crippen molar-refractivity contribution in [3.8, 4) is 11.5 Å². The van der Waals surface area contributed by atoms with Gasteiger partial charge in [0, 0.05) is 6.04 Å². The molecule has 1 amide bonds. The lowest BCUT2D eigenvalue weighted by Crippen LogP contribution is -2.31. The molecule has 0 radical (unpaired) electrons. The second-order valence-electron chi connectivity index (χ2n) is 4.25. The number of para-hydroxylation sites is 2. The van der Waals surface area contributed by atoms with E-state index in [1.807, 2.05) is 13.8 Å². The molecule has 5 heteroatoms. The van der Waals surface area contributed by atoms with Crippen LogP contribution in [0, 0.1) is 0 Å². The van der Waals surface area contributed by atoms with Crippen LogP contribution in [0.2, 0.25) is 0 Å². The topological polar surface area (TPSA) is 64.6 Å². The molecule has 0 aliphatic carbocycles. The molecule has 0 aromatic heterocycles. The van der Waals surface area contributed by atoms with E-state index < -0.39 is 0 Å². The van der Waals surface area contributed by atoms with E-state index in [1.165, 1.54) is 0 Å². The van der Waals surface area contributed by atoms with Gasteiger partial charge in [-0.15, -0.1) is 0 Å². The SMILES string of the molecule is CC(C)NC(=O)CCOc1ccccc1OCC=O. The Morgan fingerprint density at radius 2 is 1.89 bits per heavy atom. The summed E-state index contributed by atoms with van der Waals surface area (Å²) in [6.45, 7) is 4.05. The fourth-order valence-corrected chi connectivity index (χ4v) is 1.46. The second-order valence-corrected chi connectivity index (χ2v) is 4.25. The molecule has 5 nitrogen and oxygen atoms in total. The van der Waals surface area contributed by atoms with Crippen LogP contribution in [0.1, 0.15) is 20.3 Å². The van der Waals surface area contributed by atoms with E-state index in [0.29, 0.717) is 17.8 Å². The number of hydrogen-bond acceptors (Lipinski definition) is 4. The van der Waals surface area contributed by atoms with Gasteiger partial charge in [-0.2, -0.15) is 0 Å². The first-order valence-electron chi connectivity index (χ1n) is 6.21. The maximum atomic E-state index is 11.4. The van der Waals surface area contributed by atoms with Gasteiger partial charge in [-0.05, 0) is 26.0 Å². The quantitative estimate of drug-likeness (QED) is 0.724.